The summed E-state index contributed by atoms with van der Waals surface area (Å²) >= 11 is 0. The minimum atomic E-state index is -0.448. The summed E-state index contributed by atoms with van der Waals surface area (Å²) in [5, 5.41) is 0. The molecule has 0 spiro atoms. The number of carbonyl (C=O) groups is 2. The first-order chi connectivity index (χ1) is 16.0. The van der Waals surface area contributed by atoms with Gasteiger partial charge in [-0.1, -0.05) is 19.1 Å². The number of methoxy groups -OCH3 is 2. The van der Waals surface area contributed by atoms with Crippen molar-refractivity contribution in [2.45, 2.75) is 44.8 Å². The number of ketones is 1. The number of rotatable bonds is 7. The predicted octanol–water partition coefficient (Wildman–Crippen LogP) is 4.48. The van der Waals surface area contributed by atoms with E-state index < -0.39 is 5.97 Å². The molecule has 0 aromatic heterocycles. The van der Waals surface area contributed by atoms with E-state index in [1.165, 1.54) is 26.0 Å². The maximum Gasteiger partial charge on any atom is 0.338 e. The van der Waals surface area contributed by atoms with Crippen LogP contribution >= 0.6 is 0 Å². The fraction of sp³-hybridized carbons (Fsp3) is 0.385. The zero-order chi connectivity index (χ0) is 23.4. The number of fused-ring (bicyclic) bond motifs is 1. The van der Waals surface area contributed by atoms with Gasteiger partial charge in [0.25, 0.3) is 0 Å². The highest BCUT2D eigenvalue weighted by atomic mass is 16.6. The fourth-order valence-corrected chi connectivity index (χ4v) is 4.22. The van der Waals surface area contributed by atoms with Gasteiger partial charge in [0.2, 0.25) is 11.5 Å². The highest BCUT2D eigenvalue weighted by molar-refractivity contribution is 5.96. The topological polar surface area (TPSA) is 80.3 Å². The van der Waals surface area contributed by atoms with Crippen LogP contribution in [0.4, 0.5) is 0 Å². The highest BCUT2D eigenvalue weighted by Crippen LogP contribution is 2.36. The molecule has 7 nitrogen and oxygen atoms in total. The van der Waals surface area contributed by atoms with Crippen LogP contribution in [0.1, 0.15) is 42.1 Å². The van der Waals surface area contributed by atoms with Gasteiger partial charge < -0.3 is 23.7 Å². The summed E-state index contributed by atoms with van der Waals surface area (Å²) in [6.07, 6.45) is 3.23. The Hall–Kier alpha value is -3.48. The minimum Gasteiger partial charge on any atom is -0.493 e. The lowest BCUT2D eigenvalue weighted by atomic mass is 9.80. The number of hydrogen-bond acceptors (Lipinski definition) is 7. The van der Waals surface area contributed by atoms with Gasteiger partial charge in [0.1, 0.15) is 24.2 Å². The second-order valence-corrected chi connectivity index (χ2v) is 8.14. The summed E-state index contributed by atoms with van der Waals surface area (Å²) in [5.74, 6) is 0.976. The van der Waals surface area contributed by atoms with Gasteiger partial charge in [-0.3, -0.25) is 4.79 Å². The lowest BCUT2D eigenvalue weighted by Gasteiger charge is -2.36. The van der Waals surface area contributed by atoms with Gasteiger partial charge in [0, 0.05) is 6.42 Å². The smallest absolute Gasteiger partial charge is 0.338 e. The van der Waals surface area contributed by atoms with Gasteiger partial charge in [-0.05, 0) is 55.2 Å². The summed E-state index contributed by atoms with van der Waals surface area (Å²) in [4.78, 5) is 25.6. The van der Waals surface area contributed by atoms with Gasteiger partial charge in [-0.2, -0.15) is 0 Å². The number of esters is 1. The first kappa shape index (κ1) is 22.7. The molecule has 2 aromatic rings. The third-order valence-electron chi connectivity index (χ3n) is 6.13. The average molecular weight is 453 g/mol. The normalized spacial score (nSPS) is 21.8. The SMILES string of the molecule is CCc1ccc(OC2=COC3CC(OC(=O)c4ccc(OC)c(OC)c4)CCC3C2=O)cc1. The van der Waals surface area contributed by atoms with Gasteiger partial charge in [0.15, 0.2) is 11.5 Å². The van der Waals surface area contributed by atoms with Crippen molar-refractivity contribution in [2.24, 2.45) is 5.92 Å². The van der Waals surface area contributed by atoms with Gasteiger partial charge in [0.05, 0.1) is 25.7 Å². The van der Waals surface area contributed by atoms with Gasteiger partial charge in [-0.25, -0.2) is 4.79 Å². The van der Waals surface area contributed by atoms with E-state index in [1.807, 2.05) is 24.3 Å². The Morgan fingerprint density at radius 3 is 2.48 bits per heavy atom. The molecule has 1 aliphatic heterocycles. The molecule has 0 bridgehead atoms. The molecule has 4 rings (SSSR count). The molecule has 3 atom stereocenters. The number of hydrogen-bond donors (Lipinski definition) is 0. The molecule has 2 aromatic carbocycles. The van der Waals surface area contributed by atoms with Crippen molar-refractivity contribution in [1.29, 1.82) is 0 Å². The van der Waals surface area contributed by atoms with Crippen LogP contribution < -0.4 is 14.2 Å². The van der Waals surface area contributed by atoms with Crippen LogP contribution in [0.3, 0.4) is 0 Å². The van der Waals surface area contributed by atoms with Crippen molar-refractivity contribution < 1.29 is 33.3 Å². The van der Waals surface area contributed by atoms with Crippen molar-refractivity contribution in [3.05, 3.63) is 65.6 Å². The maximum absolute atomic E-state index is 13.0. The average Bonchev–Trinajstić information content (AvgIpc) is 2.85. The van der Waals surface area contributed by atoms with E-state index in [4.69, 9.17) is 23.7 Å². The third-order valence-corrected chi connectivity index (χ3v) is 6.13. The Morgan fingerprint density at radius 2 is 1.79 bits per heavy atom. The molecule has 1 saturated carbocycles. The van der Waals surface area contributed by atoms with Crippen LogP contribution in [0.2, 0.25) is 0 Å². The number of ether oxygens (including phenoxy) is 5. The minimum absolute atomic E-state index is 0.0736. The van der Waals surface area contributed by atoms with Crippen molar-refractivity contribution >= 4 is 11.8 Å². The number of carbonyl (C=O) groups excluding carboxylic acids is 2. The third kappa shape index (κ3) is 4.97. The van der Waals surface area contributed by atoms with Crippen LogP contribution in [0.15, 0.2) is 54.5 Å². The molecule has 2 aliphatic rings. The first-order valence-corrected chi connectivity index (χ1v) is 11.1. The van der Waals surface area contributed by atoms with Crippen LogP contribution in [0, 0.1) is 5.92 Å². The van der Waals surface area contributed by atoms with Crippen LogP contribution in [-0.2, 0) is 20.7 Å². The Labute approximate surface area is 193 Å². The Kier molecular flexibility index (Phi) is 6.87. The number of allylic oxidation sites excluding steroid dienone is 1. The lowest BCUT2D eigenvalue weighted by Crippen LogP contribution is -2.43. The monoisotopic (exact) mass is 452 g/mol. The zero-order valence-corrected chi connectivity index (χ0v) is 19.0. The van der Waals surface area contributed by atoms with Crippen molar-refractivity contribution in [3.8, 4) is 17.2 Å². The number of benzene rings is 2. The summed E-state index contributed by atoms with van der Waals surface area (Å²) < 4.78 is 27.8. The van der Waals surface area contributed by atoms with E-state index in [2.05, 4.69) is 6.92 Å². The second-order valence-electron chi connectivity index (χ2n) is 8.14. The molecule has 1 aliphatic carbocycles. The fourth-order valence-electron chi connectivity index (χ4n) is 4.22. The van der Waals surface area contributed by atoms with Crippen molar-refractivity contribution in [1.82, 2.24) is 0 Å². The molecule has 33 heavy (non-hydrogen) atoms. The molecule has 0 amide bonds. The van der Waals surface area contributed by atoms with E-state index in [9.17, 15) is 9.59 Å². The first-order valence-electron chi connectivity index (χ1n) is 11.1. The predicted molar refractivity (Wildman–Crippen MR) is 121 cm³/mol. The molecule has 174 valence electrons. The highest BCUT2D eigenvalue weighted by Gasteiger charge is 2.42. The molecule has 3 unspecified atom stereocenters. The molecule has 0 saturated heterocycles. The van der Waals surface area contributed by atoms with E-state index in [0.717, 1.165) is 6.42 Å². The quantitative estimate of drug-likeness (QED) is 0.573. The molecule has 0 N–H and O–H groups in total. The van der Waals surface area contributed by atoms with Crippen LogP contribution in [0.25, 0.3) is 0 Å². The van der Waals surface area contributed by atoms with E-state index in [1.54, 1.807) is 18.2 Å². The van der Waals surface area contributed by atoms with E-state index >= 15 is 0 Å². The lowest BCUT2D eigenvalue weighted by molar-refractivity contribution is -0.132. The molecule has 1 heterocycles. The van der Waals surface area contributed by atoms with Gasteiger partial charge in [-0.15, -0.1) is 0 Å². The summed E-state index contributed by atoms with van der Waals surface area (Å²) in [6.45, 7) is 2.08. The molecule has 7 heteroatoms. The molecule has 0 radical (unpaired) electrons. The summed E-state index contributed by atoms with van der Waals surface area (Å²) in [5.41, 5.74) is 1.57. The number of Topliss-reactive ketones (excluding diaryl/α,β-unsaturated/α-hetero) is 1. The Balaban J connectivity index is 1.37. The number of aryl methyl sites for hydroxylation is 1. The van der Waals surface area contributed by atoms with E-state index in [-0.39, 0.29) is 29.7 Å². The second kappa shape index (κ2) is 9.98. The van der Waals surface area contributed by atoms with Crippen molar-refractivity contribution in [2.75, 3.05) is 14.2 Å². The van der Waals surface area contributed by atoms with Crippen LogP contribution in [-0.4, -0.2) is 38.2 Å². The zero-order valence-electron chi connectivity index (χ0n) is 19.0. The van der Waals surface area contributed by atoms with Gasteiger partial charge >= 0.3 is 5.97 Å². The summed E-state index contributed by atoms with van der Waals surface area (Å²) in [7, 11) is 3.05. The molecule has 1 fully saturated rings. The van der Waals surface area contributed by atoms with Crippen LogP contribution in [0.5, 0.6) is 17.2 Å². The van der Waals surface area contributed by atoms with Crippen molar-refractivity contribution in [3.63, 3.8) is 0 Å². The largest absolute Gasteiger partial charge is 0.493 e. The Bertz CT molecular complexity index is 1040. The molecular weight excluding hydrogens is 424 g/mol. The molecular formula is C26H28O7. The Morgan fingerprint density at radius 1 is 1.03 bits per heavy atom. The standard InChI is InChI=1S/C26H28O7/c1-4-16-5-8-18(9-6-16)32-24-15-31-22-14-19(10-11-20(22)25(24)27)33-26(28)17-7-12-21(29-2)23(13-17)30-3/h5-9,12-13,15,19-20,22H,4,10-11,14H2,1-3H3. The van der Waals surface area contributed by atoms with E-state index in [0.29, 0.717) is 42.1 Å². The maximum atomic E-state index is 13.0. The summed E-state index contributed by atoms with van der Waals surface area (Å²) in [6, 6.07) is 12.5.